The third-order valence-corrected chi connectivity index (χ3v) is 4.67. The summed E-state index contributed by atoms with van der Waals surface area (Å²) in [7, 11) is -1.55. The second-order valence-corrected chi connectivity index (χ2v) is 7.72. The van der Waals surface area contributed by atoms with Gasteiger partial charge in [0, 0.05) is 37.0 Å². The van der Waals surface area contributed by atoms with Gasteiger partial charge in [0.2, 0.25) is 5.91 Å². The van der Waals surface area contributed by atoms with Crippen LogP contribution in [0, 0.1) is 11.8 Å². The molecule has 0 saturated heterocycles. The van der Waals surface area contributed by atoms with Crippen LogP contribution >= 0.6 is 0 Å². The number of benzene rings is 1. The van der Waals surface area contributed by atoms with E-state index in [9.17, 15) is 19.6 Å². The Bertz CT molecular complexity index is 772. The number of carbonyl (C=O) groups excluding carboxylic acids is 2. The summed E-state index contributed by atoms with van der Waals surface area (Å²) in [4.78, 5) is 33.5. The second kappa shape index (κ2) is 11.4. The molecule has 3 N–H and O–H groups in total. The van der Waals surface area contributed by atoms with Crippen molar-refractivity contribution in [3.8, 4) is 0 Å². The smallest absolute Gasteiger partial charge is 0.427 e. The third kappa shape index (κ3) is 8.13. The molecule has 0 unspecified atom stereocenters. The van der Waals surface area contributed by atoms with E-state index < -0.39 is 18.9 Å². The van der Waals surface area contributed by atoms with Crippen molar-refractivity contribution in [2.24, 2.45) is 11.8 Å². The Kier molecular flexibility index (Phi) is 8.95. The Hall–Kier alpha value is -2.58. The number of nitrogens with one attached hydrogen (secondary N) is 1. The van der Waals surface area contributed by atoms with Crippen LogP contribution in [-0.4, -0.2) is 38.8 Å². The maximum absolute atomic E-state index is 12.8. The standard InChI is InChI=1S/C21H28BN3O4/c1-15(2)10-18(22(28)29)13-19(26)12-17(11-16-6-4-3-5-7-16)21(27)25-20-14-23-8-9-24-20/h3-9,14-15,17-18,28-29H,10-13H2,1-2H3,(H,24,25,27)/t17-,18+/m0/s1. The van der Waals surface area contributed by atoms with Crippen LogP contribution in [0.15, 0.2) is 48.9 Å². The van der Waals surface area contributed by atoms with Crippen molar-refractivity contribution in [3.63, 3.8) is 0 Å². The number of nitrogens with zero attached hydrogens (tertiary/aromatic N) is 2. The van der Waals surface area contributed by atoms with E-state index in [1.807, 2.05) is 44.2 Å². The summed E-state index contributed by atoms with van der Waals surface area (Å²) < 4.78 is 0. The van der Waals surface area contributed by atoms with Crippen LogP contribution in [0.5, 0.6) is 0 Å². The predicted octanol–water partition coefficient (Wildman–Crippen LogP) is 2.51. The number of ketones is 1. The number of rotatable bonds is 11. The Balaban J connectivity index is 2.09. The highest BCUT2D eigenvalue weighted by Gasteiger charge is 2.29. The first-order chi connectivity index (χ1) is 13.8. The van der Waals surface area contributed by atoms with E-state index in [1.54, 1.807) is 0 Å². The Morgan fingerprint density at radius 3 is 2.41 bits per heavy atom. The van der Waals surface area contributed by atoms with Gasteiger partial charge in [0.1, 0.15) is 5.78 Å². The topological polar surface area (TPSA) is 112 Å². The number of amides is 1. The molecule has 1 aromatic carbocycles. The largest absolute Gasteiger partial charge is 0.455 e. The maximum atomic E-state index is 12.8. The van der Waals surface area contributed by atoms with Crippen molar-refractivity contribution < 1.29 is 19.6 Å². The summed E-state index contributed by atoms with van der Waals surface area (Å²) in [6, 6.07) is 9.48. The summed E-state index contributed by atoms with van der Waals surface area (Å²) >= 11 is 0. The van der Waals surface area contributed by atoms with Gasteiger partial charge in [0.05, 0.1) is 6.20 Å². The van der Waals surface area contributed by atoms with Gasteiger partial charge in [-0.2, -0.15) is 0 Å². The van der Waals surface area contributed by atoms with Gasteiger partial charge in [-0.25, -0.2) is 4.98 Å². The Labute approximate surface area is 171 Å². The summed E-state index contributed by atoms with van der Waals surface area (Å²) in [6.07, 6.45) is 5.40. The zero-order valence-corrected chi connectivity index (χ0v) is 16.9. The lowest BCUT2D eigenvalue weighted by Crippen LogP contribution is -2.29. The lowest BCUT2D eigenvalue weighted by Gasteiger charge is -2.20. The van der Waals surface area contributed by atoms with E-state index in [0.717, 1.165) is 5.56 Å². The van der Waals surface area contributed by atoms with Crippen molar-refractivity contribution in [2.45, 2.75) is 45.3 Å². The molecule has 0 aliphatic rings. The molecule has 0 saturated carbocycles. The normalized spacial score (nSPS) is 13.0. The first kappa shape index (κ1) is 22.7. The van der Waals surface area contributed by atoms with E-state index in [-0.39, 0.29) is 30.4 Å². The molecule has 0 aliphatic carbocycles. The molecule has 2 rings (SSSR count). The average Bonchev–Trinajstić information content (AvgIpc) is 2.68. The minimum absolute atomic E-state index is 0.0162. The van der Waals surface area contributed by atoms with E-state index in [2.05, 4.69) is 15.3 Å². The molecule has 0 spiro atoms. The molecule has 2 atom stereocenters. The van der Waals surface area contributed by atoms with Crippen molar-refractivity contribution >= 4 is 24.6 Å². The molecule has 154 valence electrons. The molecule has 0 aliphatic heterocycles. The van der Waals surface area contributed by atoms with Crippen LogP contribution < -0.4 is 5.32 Å². The molecule has 8 heteroatoms. The van der Waals surface area contributed by atoms with Crippen LogP contribution in [0.1, 0.15) is 38.7 Å². The third-order valence-electron chi connectivity index (χ3n) is 4.67. The fraction of sp³-hybridized carbons (Fsp3) is 0.429. The lowest BCUT2D eigenvalue weighted by atomic mass is 9.66. The fourth-order valence-electron chi connectivity index (χ4n) is 3.31. The van der Waals surface area contributed by atoms with Crippen molar-refractivity contribution in [1.82, 2.24) is 9.97 Å². The van der Waals surface area contributed by atoms with Gasteiger partial charge in [-0.15, -0.1) is 0 Å². The molecule has 1 amide bonds. The minimum Gasteiger partial charge on any atom is -0.427 e. The van der Waals surface area contributed by atoms with Crippen LogP contribution in [-0.2, 0) is 16.0 Å². The van der Waals surface area contributed by atoms with Crippen molar-refractivity contribution in [3.05, 3.63) is 54.5 Å². The zero-order chi connectivity index (χ0) is 21.2. The second-order valence-electron chi connectivity index (χ2n) is 7.72. The van der Waals surface area contributed by atoms with Gasteiger partial charge < -0.3 is 15.4 Å². The highest BCUT2D eigenvalue weighted by Crippen LogP contribution is 2.25. The Morgan fingerprint density at radius 1 is 1.10 bits per heavy atom. The van der Waals surface area contributed by atoms with Crippen molar-refractivity contribution in [2.75, 3.05) is 5.32 Å². The molecule has 1 aromatic heterocycles. The van der Waals surface area contributed by atoms with Gasteiger partial charge in [-0.05, 0) is 24.3 Å². The summed E-state index contributed by atoms with van der Waals surface area (Å²) in [5.41, 5.74) is 0.945. The summed E-state index contributed by atoms with van der Waals surface area (Å²) in [5, 5.41) is 21.9. The van der Waals surface area contributed by atoms with E-state index in [4.69, 9.17) is 0 Å². The molecule has 1 heterocycles. The fourth-order valence-corrected chi connectivity index (χ4v) is 3.31. The van der Waals surface area contributed by atoms with Gasteiger partial charge in [0.25, 0.3) is 0 Å². The molecular formula is C21H28BN3O4. The Morgan fingerprint density at radius 2 is 1.83 bits per heavy atom. The molecule has 0 bridgehead atoms. The highest BCUT2D eigenvalue weighted by molar-refractivity contribution is 6.43. The quantitative estimate of drug-likeness (QED) is 0.503. The number of hydrogen-bond donors (Lipinski definition) is 3. The first-order valence-electron chi connectivity index (χ1n) is 9.83. The van der Waals surface area contributed by atoms with E-state index in [1.165, 1.54) is 18.6 Å². The molecule has 7 nitrogen and oxygen atoms in total. The maximum Gasteiger partial charge on any atom is 0.455 e. The van der Waals surface area contributed by atoms with Crippen LogP contribution in [0.2, 0.25) is 5.82 Å². The van der Waals surface area contributed by atoms with E-state index in [0.29, 0.717) is 18.7 Å². The molecule has 0 fully saturated rings. The molecule has 2 aromatic rings. The molecule has 29 heavy (non-hydrogen) atoms. The number of anilines is 1. The van der Waals surface area contributed by atoms with Crippen LogP contribution in [0.25, 0.3) is 0 Å². The monoisotopic (exact) mass is 397 g/mol. The summed E-state index contributed by atoms with van der Waals surface area (Å²) in [5.74, 6) is -1.06. The van der Waals surface area contributed by atoms with Gasteiger partial charge in [-0.3, -0.25) is 14.6 Å². The highest BCUT2D eigenvalue weighted by atomic mass is 16.4. The minimum atomic E-state index is -1.55. The predicted molar refractivity (Wildman–Crippen MR) is 112 cm³/mol. The van der Waals surface area contributed by atoms with Gasteiger partial charge >= 0.3 is 7.12 Å². The number of hydrogen-bond acceptors (Lipinski definition) is 6. The number of Topliss-reactive ketones (excluding diaryl/α,β-unsaturated/α-hetero) is 1. The molecular weight excluding hydrogens is 369 g/mol. The SMILES string of the molecule is CC(C)C[C@H](CC(=O)C[C@H](Cc1ccccc1)C(=O)Nc1cnccn1)B(O)O. The van der Waals surface area contributed by atoms with Crippen LogP contribution in [0.4, 0.5) is 5.82 Å². The summed E-state index contributed by atoms with van der Waals surface area (Å²) in [6.45, 7) is 3.93. The van der Waals surface area contributed by atoms with E-state index >= 15 is 0 Å². The first-order valence-corrected chi connectivity index (χ1v) is 9.83. The van der Waals surface area contributed by atoms with Gasteiger partial charge in [-0.1, -0.05) is 44.2 Å². The zero-order valence-electron chi connectivity index (χ0n) is 16.9. The lowest BCUT2D eigenvalue weighted by molar-refractivity contribution is -0.126. The number of carbonyl (C=O) groups is 2. The van der Waals surface area contributed by atoms with Crippen molar-refractivity contribution in [1.29, 1.82) is 0 Å². The average molecular weight is 397 g/mol. The van der Waals surface area contributed by atoms with Gasteiger partial charge in [0.15, 0.2) is 5.82 Å². The van der Waals surface area contributed by atoms with Crippen LogP contribution in [0.3, 0.4) is 0 Å². The molecule has 0 radical (unpaired) electrons. The number of aromatic nitrogens is 2.